The van der Waals surface area contributed by atoms with E-state index in [1.54, 1.807) is 29.3 Å². The molecule has 2 aromatic rings. The molecule has 0 aliphatic carbocycles. The van der Waals surface area contributed by atoms with Crippen LogP contribution in [-0.4, -0.2) is 24.7 Å². The normalized spacial score (nSPS) is 15.9. The first-order chi connectivity index (χ1) is 9.56. The second-order valence-corrected chi connectivity index (χ2v) is 5.82. The smallest absolute Gasteiger partial charge is 0.285 e. The summed E-state index contributed by atoms with van der Waals surface area (Å²) in [4.78, 5) is 9.99. The third kappa shape index (κ3) is 2.21. The van der Waals surface area contributed by atoms with Crippen LogP contribution in [0.25, 0.3) is 0 Å². The highest BCUT2D eigenvalue weighted by Gasteiger charge is 2.24. The van der Waals surface area contributed by atoms with Crippen molar-refractivity contribution >= 4 is 27.9 Å². The number of hydrogen-bond acceptors (Lipinski definition) is 6. The van der Waals surface area contributed by atoms with Crippen molar-refractivity contribution in [3.63, 3.8) is 0 Å². The molecule has 0 spiro atoms. The number of aromatic nitrogens is 2. The summed E-state index contributed by atoms with van der Waals surface area (Å²) >= 11 is 0. The number of sulfonamides is 1. The Labute approximate surface area is 115 Å². The van der Waals surface area contributed by atoms with Gasteiger partial charge in [-0.05, 0) is 12.1 Å². The molecular weight excluding hydrogens is 278 g/mol. The SMILES string of the molecule is Nc1cnc(CN2C=NS(=O)(=O)c3ccccc32)cn1. The van der Waals surface area contributed by atoms with Gasteiger partial charge in [-0.1, -0.05) is 12.1 Å². The summed E-state index contributed by atoms with van der Waals surface area (Å²) in [5, 5.41) is 0. The van der Waals surface area contributed by atoms with E-state index in [9.17, 15) is 8.42 Å². The minimum absolute atomic E-state index is 0.186. The van der Waals surface area contributed by atoms with Crippen molar-refractivity contribution in [1.29, 1.82) is 0 Å². The number of anilines is 2. The Bertz CT molecular complexity index is 771. The quantitative estimate of drug-likeness (QED) is 0.877. The van der Waals surface area contributed by atoms with Gasteiger partial charge in [0.2, 0.25) is 0 Å². The average molecular weight is 289 g/mol. The second kappa shape index (κ2) is 4.57. The molecule has 0 saturated heterocycles. The molecule has 0 bridgehead atoms. The largest absolute Gasteiger partial charge is 0.382 e. The van der Waals surface area contributed by atoms with Crippen molar-refractivity contribution in [2.75, 3.05) is 10.6 Å². The lowest BCUT2D eigenvalue weighted by Crippen LogP contribution is -2.27. The molecule has 0 atom stereocenters. The summed E-state index contributed by atoms with van der Waals surface area (Å²) in [6.07, 6.45) is 4.30. The minimum atomic E-state index is -3.60. The van der Waals surface area contributed by atoms with E-state index in [0.717, 1.165) is 0 Å². The topological polar surface area (TPSA) is 102 Å². The molecule has 1 aliphatic heterocycles. The maximum absolute atomic E-state index is 11.8. The molecule has 7 nitrogen and oxygen atoms in total. The van der Waals surface area contributed by atoms with Gasteiger partial charge in [0.25, 0.3) is 10.0 Å². The first kappa shape index (κ1) is 12.5. The van der Waals surface area contributed by atoms with Crippen LogP contribution in [0.15, 0.2) is 46.0 Å². The van der Waals surface area contributed by atoms with Crippen LogP contribution in [-0.2, 0) is 16.6 Å². The third-order valence-electron chi connectivity index (χ3n) is 2.84. The van der Waals surface area contributed by atoms with E-state index in [0.29, 0.717) is 23.7 Å². The zero-order chi connectivity index (χ0) is 14.2. The van der Waals surface area contributed by atoms with Crippen molar-refractivity contribution in [2.45, 2.75) is 11.4 Å². The van der Waals surface area contributed by atoms with Crippen molar-refractivity contribution in [3.05, 3.63) is 42.4 Å². The summed E-state index contributed by atoms with van der Waals surface area (Å²) in [6.45, 7) is 0.364. The molecule has 1 aromatic carbocycles. The van der Waals surface area contributed by atoms with Gasteiger partial charge in [-0.15, -0.1) is 4.40 Å². The van der Waals surface area contributed by atoms with Gasteiger partial charge in [0, 0.05) is 0 Å². The molecule has 2 N–H and O–H groups in total. The summed E-state index contributed by atoms with van der Waals surface area (Å²) in [7, 11) is -3.60. The van der Waals surface area contributed by atoms with Crippen LogP contribution in [0.5, 0.6) is 0 Å². The highest BCUT2D eigenvalue weighted by Crippen LogP contribution is 2.29. The van der Waals surface area contributed by atoms with E-state index >= 15 is 0 Å². The van der Waals surface area contributed by atoms with Crippen LogP contribution in [0.3, 0.4) is 0 Å². The minimum Gasteiger partial charge on any atom is -0.382 e. The van der Waals surface area contributed by atoms with E-state index in [1.165, 1.54) is 18.6 Å². The van der Waals surface area contributed by atoms with E-state index in [2.05, 4.69) is 14.4 Å². The molecule has 1 aliphatic rings. The number of hydrogen-bond donors (Lipinski definition) is 1. The Morgan fingerprint density at radius 1 is 1.15 bits per heavy atom. The molecule has 0 fully saturated rings. The summed E-state index contributed by atoms with van der Waals surface area (Å²) in [5.74, 6) is 0.337. The molecule has 0 radical (unpaired) electrons. The zero-order valence-corrected chi connectivity index (χ0v) is 11.2. The first-order valence-corrected chi connectivity index (χ1v) is 7.23. The van der Waals surface area contributed by atoms with Gasteiger partial charge in [-0.3, -0.25) is 4.98 Å². The summed E-state index contributed by atoms with van der Waals surface area (Å²) in [5.41, 5.74) is 6.72. The van der Waals surface area contributed by atoms with Gasteiger partial charge in [0.1, 0.15) is 17.1 Å². The van der Waals surface area contributed by atoms with Crippen LogP contribution in [0.4, 0.5) is 11.5 Å². The summed E-state index contributed by atoms with van der Waals surface area (Å²) < 4.78 is 27.3. The number of benzene rings is 1. The number of para-hydroxylation sites is 1. The zero-order valence-electron chi connectivity index (χ0n) is 10.3. The van der Waals surface area contributed by atoms with Crippen molar-refractivity contribution in [1.82, 2.24) is 9.97 Å². The lowest BCUT2D eigenvalue weighted by Gasteiger charge is -2.24. The molecule has 102 valence electrons. The Morgan fingerprint density at radius 3 is 2.70 bits per heavy atom. The van der Waals surface area contributed by atoms with Gasteiger partial charge >= 0.3 is 0 Å². The monoisotopic (exact) mass is 289 g/mol. The van der Waals surface area contributed by atoms with Crippen LogP contribution in [0.2, 0.25) is 0 Å². The molecule has 20 heavy (non-hydrogen) atoms. The van der Waals surface area contributed by atoms with E-state index < -0.39 is 10.0 Å². The predicted molar refractivity (Wildman–Crippen MR) is 74.7 cm³/mol. The molecule has 8 heteroatoms. The second-order valence-electron chi connectivity index (χ2n) is 4.22. The fraction of sp³-hybridized carbons (Fsp3) is 0.0833. The fourth-order valence-corrected chi connectivity index (χ4v) is 2.95. The van der Waals surface area contributed by atoms with Crippen LogP contribution in [0, 0.1) is 0 Å². The first-order valence-electron chi connectivity index (χ1n) is 5.79. The Hall–Kier alpha value is -2.48. The molecular formula is C12H11N5O2S. The number of nitrogens with zero attached hydrogens (tertiary/aromatic N) is 4. The van der Waals surface area contributed by atoms with Crippen LogP contribution in [0.1, 0.15) is 5.69 Å². The average Bonchev–Trinajstić information content (AvgIpc) is 2.45. The van der Waals surface area contributed by atoms with E-state index in [1.807, 2.05) is 0 Å². The van der Waals surface area contributed by atoms with Crippen molar-refractivity contribution in [3.8, 4) is 0 Å². The Morgan fingerprint density at radius 2 is 1.95 bits per heavy atom. The maximum atomic E-state index is 11.8. The van der Waals surface area contributed by atoms with Gasteiger partial charge in [-0.25, -0.2) is 4.98 Å². The molecule has 2 heterocycles. The molecule has 0 unspecified atom stereocenters. The van der Waals surface area contributed by atoms with Crippen LogP contribution >= 0.6 is 0 Å². The van der Waals surface area contributed by atoms with Gasteiger partial charge in [-0.2, -0.15) is 8.42 Å². The Balaban J connectivity index is 1.98. The maximum Gasteiger partial charge on any atom is 0.285 e. The number of nitrogen functional groups attached to an aromatic ring is 1. The molecule has 1 aromatic heterocycles. The third-order valence-corrected chi connectivity index (χ3v) is 4.11. The molecule has 3 rings (SSSR count). The molecule has 0 saturated carbocycles. The van der Waals surface area contributed by atoms with E-state index in [-0.39, 0.29) is 4.90 Å². The van der Waals surface area contributed by atoms with Gasteiger partial charge in [0.05, 0.1) is 30.3 Å². The standard InChI is InChI=1S/C12H11N5O2S/c13-12-6-14-9(5-15-12)7-17-8-16-20(18,19)11-4-2-1-3-10(11)17/h1-6,8H,7H2,(H2,13,15). The lowest BCUT2D eigenvalue weighted by molar-refractivity contribution is 0.597. The highest BCUT2D eigenvalue weighted by atomic mass is 32.2. The number of rotatable bonds is 2. The number of nitrogens with two attached hydrogens (primary N) is 1. The van der Waals surface area contributed by atoms with Gasteiger partial charge < -0.3 is 10.6 Å². The van der Waals surface area contributed by atoms with Crippen molar-refractivity contribution in [2.24, 2.45) is 4.40 Å². The number of fused-ring (bicyclic) bond motifs is 1. The lowest BCUT2D eigenvalue weighted by atomic mass is 10.3. The van der Waals surface area contributed by atoms with E-state index in [4.69, 9.17) is 5.73 Å². The summed E-state index contributed by atoms with van der Waals surface area (Å²) in [6, 6.07) is 6.69. The van der Waals surface area contributed by atoms with Crippen molar-refractivity contribution < 1.29 is 8.42 Å². The molecule has 0 amide bonds. The van der Waals surface area contributed by atoms with Gasteiger partial charge in [0.15, 0.2) is 0 Å². The Kier molecular flexibility index (Phi) is 2.87. The van der Waals surface area contributed by atoms with Crippen LogP contribution < -0.4 is 10.6 Å². The highest BCUT2D eigenvalue weighted by molar-refractivity contribution is 7.90. The predicted octanol–water partition coefficient (Wildman–Crippen LogP) is 0.796. The fourth-order valence-electron chi connectivity index (χ4n) is 1.90.